The minimum absolute atomic E-state index is 0.280. The van der Waals surface area contributed by atoms with Crippen LogP contribution in [0.3, 0.4) is 0 Å². The summed E-state index contributed by atoms with van der Waals surface area (Å²) in [4.78, 5) is 12.2. The van der Waals surface area contributed by atoms with Gasteiger partial charge in [0.05, 0.1) is 19.1 Å². The van der Waals surface area contributed by atoms with Crippen molar-refractivity contribution in [1.82, 2.24) is 0 Å². The lowest BCUT2D eigenvalue weighted by atomic mass is 10.2. The fraction of sp³-hybridized carbons (Fsp3) is 0.133. The Labute approximate surface area is 143 Å². The van der Waals surface area contributed by atoms with Crippen LogP contribution in [0.1, 0.15) is 10.4 Å². The van der Waals surface area contributed by atoms with Gasteiger partial charge in [-0.15, -0.1) is 0 Å². The summed E-state index contributed by atoms with van der Waals surface area (Å²) >= 11 is 3.31. The lowest BCUT2D eigenvalue weighted by Gasteiger charge is -2.12. The van der Waals surface area contributed by atoms with Crippen LogP contribution in [0.2, 0.25) is 0 Å². The van der Waals surface area contributed by atoms with E-state index in [9.17, 15) is 13.2 Å². The van der Waals surface area contributed by atoms with Crippen LogP contribution >= 0.6 is 15.9 Å². The average Bonchev–Trinajstić information content (AvgIpc) is 2.47. The number of halogens is 1. The number of methoxy groups -OCH3 is 1. The van der Waals surface area contributed by atoms with E-state index in [0.717, 1.165) is 10.7 Å². The molecule has 0 aliphatic heterocycles. The van der Waals surface area contributed by atoms with Crippen LogP contribution < -0.4 is 14.8 Å². The first-order chi connectivity index (χ1) is 10.8. The summed E-state index contributed by atoms with van der Waals surface area (Å²) in [6, 6.07) is 11.6. The second kappa shape index (κ2) is 7.01. The summed E-state index contributed by atoms with van der Waals surface area (Å²) in [6.07, 6.45) is 1.05. The van der Waals surface area contributed by atoms with E-state index in [2.05, 4.69) is 26.0 Å². The molecule has 0 aromatic heterocycles. The number of ether oxygens (including phenoxy) is 1. The highest BCUT2D eigenvalue weighted by Crippen LogP contribution is 2.29. The van der Waals surface area contributed by atoms with Gasteiger partial charge >= 0.3 is 0 Å². The Bertz CT molecular complexity index is 837. The van der Waals surface area contributed by atoms with Crippen LogP contribution in [0.5, 0.6) is 5.75 Å². The topological polar surface area (TPSA) is 84.5 Å². The van der Waals surface area contributed by atoms with Gasteiger partial charge in [0.15, 0.2) is 0 Å². The number of nitrogens with one attached hydrogen (secondary N) is 2. The molecule has 2 N–H and O–H groups in total. The summed E-state index contributed by atoms with van der Waals surface area (Å²) in [5.74, 6) is 0.0274. The van der Waals surface area contributed by atoms with Gasteiger partial charge in [0.1, 0.15) is 5.75 Å². The summed E-state index contributed by atoms with van der Waals surface area (Å²) in [5.41, 5.74) is 1.29. The lowest BCUT2D eigenvalue weighted by molar-refractivity contribution is 0.102. The number of carbonyl (C=O) groups is 1. The van der Waals surface area contributed by atoms with Crippen molar-refractivity contribution >= 4 is 43.2 Å². The Morgan fingerprint density at radius 1 is 1.17 bits per heavy atom. The molecular formula is C15H15BrN2O4S. The van der Waals surface area contributed by atoms with Crippen molar-refractivity contribution in [3.63, 3.8) is 0 Å². The molecule has 23 heavy (non-hydrogen) atoms. The third-order valence-corrected chi connectivity index (χ3v) is 3.93. The monoisotopic (exact) mass is 398 g/mol. The van der Waals surface area contributed by atoms with Gasteiger partial charge in [0.25, 0.3) is 5.91 Å². The van der Waals surface area contributed by atoms with Crippen LogP contribution in [0.15, 0.2) is 46.9 Å². The molecule has 0 aliphatic carbocycles. The molecule has 0 unspecified atom stereocenters. The van der Waals surface area contributed by atoms with Gasteiger partial charge in [-0.05, 0) is 30.3 Å². The van der Waals surface area contributed by atoms with Gasteiger partial charge in [-0.2, -0.15) is 0 Å². The van der Waals surface area contributed by atoms with Gasteiger partial charge < -0.3 is 10.1 Å². The van der Waals surface area contributed by atoms with Gasteiger partial charge in [-0.1, -0.05) is 22.0 Å². The van der Waals surface area contributed by atoms with Crippen molar-refractivity contribution < 1.29 is 17.9 Å². The molecule has 6 nitrogen and oxygen atoms in total. The Balaban J connectivity index is 2.22. The molecule has 2 rings (SSSR count). The molecule has 0 aliphatic rings. The molecule has 122 valence electrons. The van der Waals surface area contributed by atoms with E-state index >= 15 is 0 Å². The Hall–Kier alpha value is -2.06. The predicted molar refractivity (Wildman–Crippen MR) is 93.6 cm³/mol. The molecule has 0 fully saturated rings. The maximum atomic E-state index is 12.2. The number of benzene rings is 2. The summed E-state index contributed by atoms with van der Waals surface area (Å²) in [5, 5.41) is 2.73. The molecule has 2 aromatic carbocycles. The van der Waals surface area contributed by atoms with E-state index in [1.54, 1.807) is 30.3 Å². The molecule has 1 amide bonds. The Kier molecular flexibility index (Phi) is 5.27. The fourth-order valence-corrected chi connectivity index (χ4v) is 2.85. The van der Waals surface area contributed by atoms with Crippen molar-refractivity contribution in [2.75, 3.05) is 23.4 Å². The second-order valence-corrected chi connectivity index (χ2v) is 7.42. The fourth-order valence-electron chi connectivity index (χ4n) is 1.89. The first-order valence-electron chi connectivity index (χ1n) is 6.51. The maximum Gasteiger partial charge on any atom is 0.255 e. The number of rotatable bonds is 5. The standard InChI is InChI=1S/C15H15BrN2O4S/c1-22-14-9-12(6-7-13(14)18-23(2,20)21)17-15(19)10-4-3-5-11(16)8-10/h3-9,18H,1-2H3,(H,17,19). The highest BCUT2D eigenvalue weighted by Gasteiger charge is 2.11. The molecule has 0 heterocycles. The molecule has 2 aromatic rings. The van der Waals surface area contributed by atoms with Gasteiger partial charge in [-0.25, -0.2) is 8.42 Å². The van der Waals surface area contributed by atoms with Crippen molar-refractivity contribution in [2.45, 2.75) is 0 Å². The van der Waals surface area contributed by atoms with E-state index in [1.165, 1.54) is 13.2 Å². The molecule has 0 bridgehead atoms. The van der Waals surface area contributed by atoms with E-state index in [-0.39, 0.29) is 5.91 Å². The molecule has 0 spiro atoms. The first-order valence-corrected chi connectivity index (χ1v) is 9.19. The second-order valence-electron chi connectivity index (χ2n) is 4.75. The number of sulfonamides is 1. The third-order valence-electron chi connectivity index (χ3n) is 2.84. The number of anilines is 2. The minimum Gasteiger partial charge on any atom is -0.494 e. The zero-order chi connectivity index (χ0) is 17.0. The molecule has 0 radical (unpaired) electrons. The van der Waals surface area contributed by atoms with E-state index < -0.39 is 10.0 Å². The highest BCUT2D eigenvalue weighted by atomic mass is 79.9. The lowest BCUT2D eigenvalue weighted by Crippen LogP contribution is -2.13. The summed E-state index contributed by atoms with van der Waals surface area (Å²) < 4.78 is 30.9. The zero-order valence-corrected chi connectivity index (χ0v) is 14.9. The van der Waals surface area contributed by atoms with E-state index in [1.807, 2.05) is 6.07 Å². The van der Waals surface area contributed by atoms with Gasteiger partial charge in [0, 0.05) is 21.8 Å². The number of hydrogen-bond acceptors (Lipinski definition) is 4. The van der Waals surface area contributed by atoms with Crippen LogP contribution in [0, 0.1) is 0 Å². The van der Waals surface area contributed by atoms with Crippen molar-refractivity contribution in [2.24, 2.45) is 0 Å². The van der Waals surface area contributed by atoms with Crippen LogP contribution in [-0.2, 0) is 10.0 Å². The van der Waals surface area contributed by atoms with Gasteiger partial charge in [-0.3, -0.25) is 9.52 Å². The highest BCUT2D eigenvalue weighted by molar-refractivity contribution is 9.10. The normalized spacial score (nSPS) is 10.9. The average molecular weight is 399 g/mol. The largest absolute Gasteiger partial charge is 0.494 e. The van der Waals surface area contributed by atoms with E-state index in [4.69, 9.17) is 4.74 Å². The third kappa shape index (κ3) is 4.97. The molecule has 0 saturated heterocycles. The maximum absolute atomic E-state index is 12.2. The van der Waals surface area contributed by atoms with Crippen molar-refractivity contribution in [3.05, 3.63) is 52.5 Å². The zero-order valence-electron chi connectivity index (χ0n) is 12.5. The Morgan fingerprint density at radius 2 is 1.91 bits per heavy atom. The molecular weight excluding hydrogens is 384 g/mol. The number of amides is 1. The molecule has 0 saturated carbocycles. The van der Waals surface area contributed by atoms with Crippen molar-refractivity contribution in [1.29, 1.82) is 0 Å². The summed E-state index contributed by atoms with van der Waals surface area (Å²) in [6.45, 7) is 0. The summed E-state index contributed by atoms with van der Waals surface area (Å²) in [7, 11) is -2.00. The van der Waals surface area contributed by atoms with Crippen LogP contribution in [-0.4, -0.2) is 27.7 Å². The number of carbonyl (C=O) groups excluding carboxylic acids is 1. The quantitative estimate of drug-likeness (QED) is 0.810. The van der Waals surface area contributed by atoms with Crippen molar-refractivity contribution in [3.8, 4) is 5.75 Å². The molecule has 8 heteroatoms. The Morgan fingerprint density at radius 3 is 2.52 bits per heavy atom. The SMILES string of the molecule is COc1cc(NC(=O)c2cccc(Br)c2)ccc1NS(C)(=O)=O. The van der Waals surface area contributed by atoms with Gasteiger partial charge in [0.2, 0.25) is 10.0 Å². The number of hydrogen-bond donors (Lipinski definition) is 2. The minimum atomic E-state index is -3.42. The predicted octanol–water partition coefficient (Wildman–Crippen LogP) is 3.08. The molecule has 0 atom stereocenters. The van der Waals surface area contributed by atoms with E-state index in [0.29, 0.717) is 22.7 Å². The smallest absolute Gasteiger partial charge is 0.255 e. The van der Waals surface area contributed by atoms with Crippen LogP contribution in [0.4, 0.5) is 11.4 Å². The van der Waals surface area contributed by atoms with Crippen LogP contribution in [0.25, 0.3) is 0 Å². The first kappa shape index (κ1) is 17.3.